The van der Waals surface area contributed by atoms with E-state index in [2.05, 4.69) is 5.32 Å². The van der Waals surface area contributed by atoms with E-state index in [-0.39, 0.29) is 11.3 Å². The molecule has 2 nitrogen and oxygen atoms in total. The van der Waals surface area contributed by atoms with Crippen LogP contribution in [0.25, 0.3) is 0 Å². The van der Waals surface area contributed by atoms with Crippen molar-refractivity contribution in [3.05, 3.63) is 29.3 Å². The van der Waals surface area contributed by atoms with E-state index < -0.39 is 22.4 Å². The Labute approximate surface area is 95.5 Å². The normalized spacial score (nSPS) is 28.9. The van der Waals surface area contributed by atoms with Gasteiger partial charge in [0.25, 0.3) is 0 Å². The molecule has 0 radical (unpaired) electrons. The lowest BCUT2D eigenvalue weighted by Crippen LogP contribution is -2.30. The van der Waals surface area contributed by atoms with E-state index in [0.29, 0.717) is 16.9 Å². The zero-order valence-electron chi connectivity index (χ0n) is 9.09. The van der Waals surface area contributed by atoms with E-state index in [9.17, 15) is 13.0 Å². The summed E-state index contributed by atoms with van der Waals surface area (Å²) in [5.74, 6) is -1.82. The van der Waals surface area contributed by atoms with E-state index >= 15 is 0 Å². The third kappa shape index (κ3) is 1.78. The van der Waals surface area contributed by atoms with Gasteiger partial charge in [-0.15, -0.1) is 0 Å². The van der Waals surface area contributed by atoms with Crippen LogP contribution in [0.1, 0.15) is 24.9 Å². The first kappa shape index (κ1) is 11.7. The predicted molar refractivity (Wildman–Crippen MR) is 58.6 cm³/mol. The minimum Gasteiger partial charge on any atom is -0.313 e. The summed E-state index contributed by atoms with van der Waals surface area (Å²) in [5, 5.41) is 2.99. The van der Waals surface area contributed by atoms with Gasteiger partial charge in [-0.05, 0) is 31.2 Å². The van der Waals surface area contributed by atoms with Crippen molar-refractivity contribution >= 4 is 10.8 Å². The molecule has 1 aromatic carbocycles. The van der Waals surface area contributed by atoms with Crippen LogP contribution < -0.4 is 5.32 Å². The highest BCUT2D eigenvalue weighted by Crippen LogP contribution is 2.34. The summed E-state index contributed by atoms with van der Waals surface area (Å²) in [5.41, 5.74) is 0.609. The molecule has 0 bridgehead atoms. The maximum Gasteiger partial charge on any atom is 0.160 e. The third-order valence-electron chi connectivity index (χ3n) is 2.93. The van der Waals surface area contributed by atoms with Crippen LogP contribution in [0.4, 0.5) is 8.78 Å². The highest BCUT2D eigenvalue weighted by molar-refractivity contribution is 7.85. The van der Waals surface area contributed by atoms with Gasteiger partial charge in [0.15, 0.2) is 11.6 Å². The Morgan fingerprint density at radius 3 is 2.62 bits per heavy atom. The van der Waals surface area contributed by atoms with Crippen molar-refractivity contribution in [2.24, 2.45) is 0 Å². The van der Waals surface area contributed by atoms with Gasteiger partial charge < -0.3 is 5.32 Å². The Kier molecular flexibility index (Phi) is 3.08. The van der Waals surface area contributed by atoms with Crippen LogP contribution in [-0.2, 0) is 10.8 Å². The molecule has 1 N–H and O–H groups in total. The number of rotatable bonds is 1. The Bertz CT molecular complexity index is 450. The molecule has 0 spiro atoms. The smallest absolute Gasteiger partial charge is 0.160 e. The molecule has 1 aromatic rings. The fourth-order valence-electron chi connectivity index (χ4n) is 2.03. The molecule has 1 aliphatic rings. The van der Waals surface area contributed by atoms with Crippen molar-refractivity contribution in [2.45, 2.75) is 29.5 Å². The summed E-state index contributed by atoms with van der Waals surface area (Å²) in [6, 6.07) is 2.15. The van der Waals surface area contributed by atoms with E-state index in [1.165, 1.54) is 0 Å². The molecule has 0 aromatic heterocycles. The topological polar surface area (TPSA) is 29.1 Å². The van der Waals surface area contributed by atoms with Gasteiger partial charge in [0.1, 0.15) is 0 Å². The van der Waals surface area contributed by atoms with Crippen LogP contribution in [0.15, 0.2) is 17.0 Å². The SMILES string of the molecule is CNC1CC(C)S(=O)c2cc(F)c(F)cc21. The van der Waals surface area contributed by atoms with Crippen molar-refractivity contribution in [2.75, 3.05) is 7.05 Å². The second-order valence-corrected chi connectivity index (χ2v) is 5.83. The van der Waals surface area contributed by atoms with Crippen LogP contribution in [0.2, 0.25) is 0 Å². The number of hydrogen-bond donors (Lipinski definition) is 1. The van der Waals surface area contributed by atoms with Crippen molar-refractivity contribution < 1.29 is 13.0 Å². The monoisotopic (exact) mass is 245 g/mol. The lowest BCUT2D eigenvalue weighted by atomic mass is 10.0. The molecule has 0 saturated carbocycles. The number of nitrogens with one attached hydrogen (secondary N) is 1. The van der Waals surface area contributed by atoms with Crippen molar-refractivity contribution in [1.82, 2.24) is 5.32 Å². The minimum absolute atomic E-state index is 0.0465. The number of halogens is 2. The Balaban J connectivity index is 2.59. The molecule has 0 fully saturated rings. The first-order valence-corrected chi connectivity index (χ1v) is 6.32. The predicted octanol–water partition coefficient (Wildman–Crippen LogP) is 2.13. The zero-order valence-corrected chi connectivity index (χ0v) is 9.91. The van der Waals surface area contributed by atoms with Gasteiger partial charge in [0, 0.05) is 16.2 Å². The van der Waals surface area contributed by atoms with Crippen molar-refractivity contribution in [3.63, 3.8) is 0 Å². The molecule has 3 atom stereocenters. The zero-order chi connectivity index (χ0) is 11.9. The maximum absolute atomic E-state index is 13.1. The average molecular weight is 245 g/mol. The minimum atomic E-state index is -1.25. The molecule has 1 heterocycles. The lowest BCUT2D eigenvalue weighted by Gasteiger charge is -2.28. The molecule has 16 heavy (non-hydrogen) atoms. The van der Waals surface area contributed by atoms with Gasteiger partial charge in [-0.2, -0.15) is 0 Å². The molecule has 0 amide bonds. The Morgan fingerprint density at radius 2 is 2.00 bits per heavy atom. The second kappa shape index (κ2) is 4.22. The summed E-state index contributed by atoms with van der Waals surface area (Å²) in [6.07, 6.45) is 0.668. The van der Waals surface area contributed by atoms with Gasteiger partial charge in [-0.25, -0.2) is 8.78 Å². The molecule has 3 unspecified atom stereocenters. The molecule has 0 aliphatic carbocycles. The summed E-state index contributed by atoms with van der Waals surface area (Å²) >= 11 is 0. The fourth-order valence-corrected chi connectivity index (χ4v) is 3.48. The molecular weight excluding hydrogens is 232 g/mol. The van der Waals surface area contributed by atoms with E-state index in [4.69, 9.17) is 0 Å². The summed E-state index contributed by atoms with van der Waals surface area (Å²) in [7, 11) is 0.513. The molecule has 88 valence electrons. The number of benzene rings is 1. The van der Waals surface area contributed by atoms with Crippen molar-refractivity contribution in [1.29, 1.82) is 0 Å². The van der Waals surface area contributed by atoms with Gasteiger partial charge in [0.2, 0.25) is 0 Å². The van der Waals surface area contributed by atoms with Crippen LogP contribution in [-0.4, -0.2) is 16.5 Å². The third-order valence-corrected chi connectivity index (χ3v) is 4.64. The van der Waals surface area contributed by atoms with Crippen molar-refractivity contribution in [3.8, 4) is 0 Å². The van der Waals surface area contributed by atoms with E-state index in [0.717, 1.165) is 12.1 Å². The van der Waals surface area contributed by atoms with Gasteiger partial charge in [-0.1, -0.05) is 6.92 Å². The molecule has 2 rings (SSSR count). The largest absolute Gasteiger partial charge is 0.313 e. The van der Waals surface area contributed by atoms with Gasteiger partial charge in [-0.3, -0.25) is 4.21 Å². The van der Waals surface area contributed by atoms with E-state index in [1.807, 2.05) is 6.92 Å². The quantitative estimate of drug-likeness (QED) is 0.821. The van der Waals surface area contributed by atoms with Crippen LogP contribution in [0.3, 0.4) is 0 Å². The Morgan fingerprint density at radius 1 is 1.38 bits per heavy atom. The summed E-state index contributed by atoms with van der Waals surface area (Å²) in [6.45, 7) is 1.85. The fraction of sp³-hybridized carbons (Fsp3) is 0.455. The molecular formula is C11H13F2NOS. The molecule has 1 aliphatic heterocycles. The maximum atomic E-state index is 13.1. The molecule has 5 heteroatoms. The summed E-state index contributed by atoms with van der Waals surface area (Å²) < 4.78 is 38.2. The first-order valence-electron chi connectivity index (χ1n) is 5.11. The van der Waals surface area contributed by atoms with Crippen LogP contribution in [0, 0.1) is 11.6 Å². The standard InChI is InChI=1S/C11H13F2NOS/c1-6-3-10(14-2)7-4-8(12)9(13)5-11(7)16(6)15/h4-6,10,14H,3H2,1-2H3. The van der Waals surface area contributed by atoms with Gasteiger partial charge >= 0.3 is 0 Å². The summed E-state index contributed by atoms with van der Waals surface area (Å²) in [4.78, 5) is 0.414. The highest BCUT2D eigenvalue weighted by atomic mass is 32.2. The van der Waals surface area contributed by atoms with E-state index in [1.54, 1.807) is 7.05 Å². The van der Waals surface area contributed by atoms with Crippen LogP contribution >= 0.6 is 0 Å². The lowest BCUT2D eigenvalue weighted by molar-refractivity contribution is 0.480. The number of fused-ring (bicyclic) bond motifs is 1. The number of hydrogen-bond acceptors (Lipinski definition) is 2. The highest BCUT2D eigenvalue weighted by Gasteiger charge is 2.30. The molecule has 0 saturated heterocycles. The van der Waals surface area contributed by atoms with Crippen LogP contribution in [0.5, 0.6) is 0 Å². The Hall–Kier alpha value is -0.810. The average Bonchev–Trinajstić information content (AvgIpc) is 2.26. The second-order valence-electron chi connectivity index (χ2n) is 3.99. The first-order chi connectivity index (χ1) is 7.54. The van der Waals surface area contributed by atoms with Gasteiger partial charge in [0.05, 0.1) is 10.8 Å².